The van der Waals surface area contributed by atoms with Gasteiger partial charge >= 0.3 is 5.97 Å². The van der Waals surface area contributed by atoms with Crippen molar-refractivity contribution in [2.75, 3.05) is 7.11 Å². The van der Waals surface area contributed by atoms with Gasteiger partial charge in [0.25, 0.3) is 5.69 Å². The molecule has 1 unspecified atom stereocenters. The Morgan fingerprint density at radius 2 is 1.81 bits per heavy atom. The molecule has 1 aromatic carbocycles. The molecule has 21 heavy (non-hydrogen) atoms. The van der Waals surface area contributed by atoms with Crippen LogP contribution >= 0.6 is 0 Å². The molecule has 0 radical (unpaired) electrons. The standard InChI is InChI=1S/C12H16N2O6S/c1-8(2)11(12(15)20-3)13-21(18,19)10-6-4-9(5-7-10)14(16)17/h4-8,11,13H,1-3H3. The van der Waals surface area contributed by atoms with Gasteiger partial charge in [-0.1, -0.05) is 13.8 Å². The summed E-state index contributed by atoms with van der Waals surface area (Å²) in [5, 5.41) is 10.5. The number of hydrogen-bond acceptors (Lipinski definition) is 6. The predicted octanol–water partition coefficient (Wildman–Crippen LogP) is 1.07. The van der Waals surface area contributed by atoms with Gasteiger partial charge in [0.2, 0.25) is 10.0 Å². The van der Waals surface area contributed by atoms with Crippen LogP contribution in [0.1, 0.15) is 13.8 Å². The van der Waals surface area contributed by atoms with Crippen LogP contribution in [0.2, 0.25) is 0 Å². The average molecular weight is 316 g/mol. The van der Waals surface area contributed by atoms with Crippen LogP contribution in [0.5, 0.6) is 0 Å². The number of esters is 1. The molecule has 1 aromatic rings. The lowest BCUT2D eigenvalue weighted by molar-refractivity contribution is -0.384. The van der Waals surface area contributed by atoms with E-state index in [1.165, 1.54) is 0 Å². The van der Waals surface area contributed by atoms with Crippen molar-refractivity contribution >= 4 is 21.7 Å². The number of rotatable bonds is 6. The zero-order chi connectivity index (χ0) is 16.2. The van der Waals surface area contributed by atoms with E-state index in [1.54, 1.807) is 13.8 Å². The third-order valence-corrected chi connectivity index (χ3v) is 4.22. The minimum absolute atomic E-state index is 0.164. The molecular formula is C12H16N2O6S. The lowest BCUT2D eigenvalue weighted by Crippen LogP contribution is -2.44. The highest BCUT2D eigenvalue weighted by Crippen LogP contribution is 2.17. The molecule has 8 nitrogen and oxygen atoms in total. The molecule has 1 N–H and O–H groups in total. The van der Waals surface area contributed by atoms with E-state index >= 15 is 0 Å². The topological polar surface area (TPSA) is 116 Å². The summed E-state index contributed by atoms with van der Waals surface area (Å²) in [7, 11) is -2.81. The summed E-state index contributed by atoms with van der Waals surface area (Å²) in [4.78, 5) is 21.3. The first kappa shape index (κ1) is 17.1. The molecule has 0 saturated heterocycles. The van der Waals surface area contributed by atoms with E-state index in [0.29, 0.717) is 0 Å². The molecule has 1 rings (SSSR count). The molecule has 0 spiro atoms. The predicted molar refractivity (Wildman–Crippen MR) is 74.1 cm³/mol. The maximum Gasteiger partial charge on any atom is 0.324 e. The largest absolute Gasteiger partial charge is 0.468 e. The van der Waals surface area contributed by atoms with Crippen LogP contribution in [0, 0.1) is 16.0 Å². The van der Waals surface area contributed by atoms with Gasteiger partial charge in [0.05, 0.1) is 16.9 Å². The molecule has 0 bridgehead atoms. The summed E-state index contributed by atoms with van der Waals surface area (Å²) in [5.41, 5.74) is -0.220. The highest BCUT2D eigenvalue weighted by Gasteiger charge is 2.29. The minimum Gasteiger partial charge on any atom is -0.468 e. The average Bonchev–Trinajstić information content (AvgIpc) is 2.43. The molecule has 9 heteroatoms. The number of methoxy groups -OCH3 is 1. The number of ether oxygens (including phenoxy) is 1. The van der Waals surface area contributed by atoms with Crippen molar-refractivity contribution in [3.8, 4) is 0 Å². The summed E-state index contributed by atoms with van der Waals surface area (Å²) in [6.45, 7) is 3.33. The smallest absolute Gasteiger partial charge is 0.324 e. The van der Waals surface area contributed by atoms with Crippen molar-refractivity contribution in [1.82, 2.24) is 4.72 Å². The summed E-state index contributed by atoms with van der Waals surface area (Å²) in [5.74, 6) is -1.01. The summed E-state index contributed by atoms with van der Waals surface area (Å²) >= 11 is 0. The SMILES string of the molecule is COC(=O)C(NS(=O)(=O)c1ccc([N+](=O)[O-])cc1)C(C)C. The highest BCUT2D eigenvalue weighted by atomic mass is 32.2. The first-order chi connectivity index (χ1) is 9.69. The Hall–Kier alpha value is -2.00. The van der Waals surface area contributed by atoms with Crippen LogP contribution < -0.4 is 4.72 Å². The lowest BCUT2D eigenvalue weighted by atomic mass is 10.1. The van der Waals surface area contributed by atoms with E-state index in [0.717, 1.165) is 31.4 Å². The minimum atomic E-state index is -3.98. The number of nitro benzene ring substituents is 1. The Kier molecular flexibility index (Phi) is 5.39. The van der Waals surface area contributed by atoms with Gasteiger partial charge in [0.1, 0.15) is 6.04 Å². The van der Waals surface area contributed by atoms with Crippen molar-refractivity contribution in [1.29, 1.82) is 0 Å². The number of non-ortho nitro benzene ring substituents is 1. The molecule has 0 aromatic heterocycles. The van der Waals surface area contributed by atoms with Gasteiger partial charge < -0.3 is 4.74 Å². The fraction of sp³-hybridized carbons (Fsp3) is 0.417. The van der Waals surface area contributed by atoms with Crippen LogP contribution in [0.4, 0.5) is 5.69 Å². The molecule has 1 atom stereocenters. The second-order valence-electron chi connectivity index (χ2n) is 4.62. The van der Waals surface area contributed by atoms with E-state index in [9.17, 15) is 23.3 Å². The normalized spacial score (nSPS) is 13.0. The number of sulfonamides is 1. The number of carbonyl (C=O) groups excluding carboxylic acids is 1. The number of nitro groups is 1. The Labute approximate surface area is 122 Å². The van der Waals surface area contributed by atoms with Gasteiger partial charge in [-0.25, -0.2) is 8.42 Å². The zero-order valence-corrected chi connectivity index (χ0v) is 12.6. The quantitative estimate of drug-likeness (QED) is 0.477. The van der Waals surface area contributed by atoms with E-state index in [2.05, 4.69) is 9.46 Å². The van der Waals surface area contributed by atoms with Crippen LogP contribution in [-0.4, -0.2) is 32.5 Å². The molecule has 0 heterocycles. The molecular weight excluding hydrogens is 300 g/mol. The molecule has 0 fully saturated rings. The van der Waals surface area contributed by atoms with Gasteiger partial charge in [-0.05, 0) is 18.1 Å². The number of nitrogens with one attached hydrogen (secondary N) is 1. The molecule has 0 amide bonds. The molecule has 0 aliphatic rings. The third-order valence-electron chi connectivity index (χ3n) is 2.76. The fourth-order valence-electron chi connectivity index (χ4n) is 1.57. The summed E-state index contributed by atoms with van der Waals surface area (Å²) < 4.78 is 31.1. The number of benzene rings is 1. The maximum absolute atomic E-state index is 12.2. The van der Waals surface area contributed by atoms with Gasteiger partial charge in [-0.3, -0.25) is 14.9 Å². The Bertz CT molecular complexity index is 624. The zero-order valence-electron chi connectivity index (χ0n) is 11.8. The van der Waals surface area contributed by atoms with Gasteiger partial charge in [0, 0.05) is 12.1 Å². The van der Waals surface area contributed by atoms with Crippen LogP contribution in [0.25, 0.3) is 0 Å². The van der Waals surface area contributed by atoms with E-state index in [-0.39, 0.29) is 16.5 Å². The number of nitrogens with zero attached hydrogens (tertiary/aromatic N) is 1. The van der Waals surface area contributed by atoms with Gasteiger partial charge in [-0.15, -0.1) is 0 Å². The van der Waals surface area contributed by atoms with E-state index < -0.39 is 27.0 Å². The Balaban J connectivity index is 3.04. The third kappa shape index (κ3) is 4.23. The van der Waals surface area contributed by atoms with Gasteiger partial charge in [-0.2, -0.15) is 4.72 Å². The molecule has 116 valence electrons. The Morgan fingerprint density at radius 3 is 2.19 bits per heavy atom. The molecule has 0 saturated carbocycles. The van der Waals surface area contributed by atoms with Gasteiger partial charge in [0.15, 0.2) is 0 Å². The lowest BCUT2D eigenvalue weighted by Gasteiger charge is -2.19. The first-order valence-corrected chi connectivity index (χ1v) is 7.52. The van der Waals surface area contributed by atoms with Crippen molar-refractivity contribution in [2.24, 2.45) is 5.92 Å². The van der Waals surface area contributed by atoms with Crippen molar-refractivity contribution in [3.05, 3.63) is 34.4 Å². The number of carbonyl (C=O) groups is 1. The van der Waals surface area contributed by atoms with E-state index in [1.807, 2.05) is 0 Å². The van der Waals surface area contributed by atoms with Crippen LogP contribution in [0.3, 0.4) is 0 Å². The number of hydrogen-bond donors (Lipinski definition) is 1. The van der Waals surface area contributed by atoms with Crippen molar-refractivity contribution in [2.45, 2.75) is 24.8 Å². The van der Waals surface area contributed by atoms with Crippen molar-refractivity contribution < 1.29 is 22.9 Å². The maximum atomic E-state index is 12.2. The van der Waals surface area contributed by atoms with E-state index in [4.69, 9.17) is 0 Å². The second-order valence-corrected chi connectivity index (χ2v) is 6.33. The molecule has 0 aliphatic carbocycles. The molecule has 0 aliphatic heterocycles. The summed E-state index contributed by atoms with van der Waals surface area (Å²) in [6, 6.07) is 3.34. The first-order valence-electron chi connectivity index (χ1n) is 6.03. The fourth-order valence-corrected chi connectivity index (χ4v) is 2.90. The van der Waals surface area contributed by atoms with Crippen LogP contribution in [0.15, 0.2) is 29.2 Å². The van der Waals surface area contributed by atoms with Crippen LogP contribution in [-0.2, 0) is 19.6 Å². The summed E-state index contributed by atoms with van der Waals surface area (Å²) in [6.07, 6.45) is 0. The monoisotopic (exact) mass is 316 g/mol. The van der Waals surface area contributed by atoms with Crippen molar-refractivity contribution in [3.63, 3.8) is 0 Å². The second kappa shape index (κ2) is 6.64. The Morgan fingerprint density at radius 1 is 1.29 bits per heavy atom. The highest BCUT2D eigenvalue weighted by molar-refractivity contribution is 7.89.